The van der Waals surface area contributed by atoms with Crippen molar-refractivity contribution in [2.45, 2.75) is 36.5 Å². The predicted molar refractivity (Wildman–Crippen MR) is 133 cm³/mol. The Morgan fingerprint density at radius 1 is 1.32 bits per heavy atom. The lowest BCUT2D eigenvalue weighted by molar-refractivity contribution is -0.326. The smallest absolute Gasteiger partial charge is 0.484 e. The van der Waals surface area contributed by atoms with E-state index >= 15 is 0 Å². The Bertz CT molecular complexity index is 1000. The van der Waals surface area contributed by atoms with Crippen LogP contribution in [0.25, 0.3) is 0 Å². The molecule has 0 spiro atoms. The molecule has 1 heterocycles. The van der Waals surface area contributed by atoms with Crippen LogP contribution in [0.1, 0.15) is 19.8 Å². The van der Waals surface area contributed by atoms with Gasteiger partial charge in [0.15, 0.2) is 6.61 Å². The second kappa shape index (κ2) is 13.0. The molecule has 37 heavy (non-hydrogen) atoms. The number of nitrogens with zero attached hydrogens (tertiary/aromatic N) is 2. The summed E-state index contributed by atoms with van der Waals surface area (Å²) in [6.45, 7) is 4.44. The highest BCUT2D eigenvalue weighted by molar-refractivity contribution is 8.00. The van der Waals surface area contributed by atoms with Gasteiger partial charge < -0.3 is 19.5 Å². The Morgan fingerprint density at radius 3 is 2.59 bits per heavy atom. The Balaban J connectivity index is 1.95. The minimum atomic E-state index is -4.75. The summed E-state index contributed by atoms with van der Waals surface area (Å²) in [7, 11) is 3.35. The number of hydrogen-bond acceptors (Lipinski definition) is 8. The number of piperidine rings is 1. The first-order valence-corrected chi connectivity index (χ1v) is 12.7. The number of aliphatic imine (C=N–C) groups is 1. The second-order valence-corrected chi connectivity index (χ2v) is 9.98. The van der Waals surface area contributed by atoms with Gasteiger partial charge in [-0.1, -0.05) is 11.6 Å². The maximum atomic E-state index is 13.6. The number of carbonyl (C=O) groups excluding carboxylic acids is 1. The predicted octanol–water partition coefficient (Wildman–Crippen LogP) is 4.59. The summed E-state index contributed by atoms with van der Waals surface area (Å²) in [4.78, 5) is 18.1. The molecule has 2 rings (SSSR count). The van der Waals surface area contributed by atoms with Crippen molar-refractivity contribution < 1.29 is 41.3 Å². The van der Waals surface area contributed by atoms with Gasteiger partial charge in [0.2, 0.25) is 5.90 Å². The van der Waals surface area contributed by atoms with E-state index in [9.17, 15) is 22.4 Å². The van der Waals surface area contributed by atoms with Crippen molar-refractivity contribution in [1.29, 1.82) is 0 Å². The molecule has 0 unspecified atom stereocenters. The van der Waals surface area contributed by atoms with Gasteiger partial charge in [-0.3, -0.25) is 19.4 Å². The Morgan fingerprint density at radius 2 is 2.03 bits per heavy atom. The number of thioether (sulfide) groups is 1. The van der Waals surface area contributed by atoms with Crippen LogP contribution in [0, 0.1) is 5.82 Å². The number of likely N-dealkylation sites (N-methyl/N-ethyl adjacent to an activating group) is 1. The van der Waals surface area contributed by atoms with Gasteiger partial charge in [-0.15, -0.1) is 24.9 Å². The molecule has 1 saturated heterocycles. The number of amides is 1. The topological polar surface area (TPSA) is 81.6 Å². The van der Waals surface area contributed by atoms with Gasteiger partial charge in [-0.25, -0.2) is 4.39 Å². The Labute approximate surface area is 222 Å². The summed E-state index contributed by atoms with van der Waals surface area (Å²) in [6, 6.07) is 3.91. The number of halogens is 5. The molecule has 1 N–H and O–H groups in total. The van der Waals surface area contributed by atoms with Crippen LogP contribution < -0.4 is 10.1 Å². The van der Waals surface area contributed by atoms with E-state index in [2.05, 4.69) is 21.6 Å². The Kier molecular flexibility index (Phi) is 10.9. The summed E-state index contributed by atoms with van der Waals surface area (Å²) >= 11 is 7.13. The molecule has 1 aliphatic heterocycles. The highest BCUT2D eigenvalue weighted by Crippen LogP contribution is 2.39. The van der Waals surface area contributed by atoms with Crippen molar-refractivity contribution in [3.05, 3.63) is 41.6 Å². The van der Waals surface area contributed by atoms with E-state index in [0.717, 1.165) is 6.07 Å². The monoisotopic (exact) mass is 571 g/mol. The number of hydrogen-bond donors (Lipinski definition) is 1. The normalized spacial score (nSPS) is 22.9. The molecular formula is C23H30ClF4N3O5S. The van der Waals surface area contributed by atoms with Gasteiger partial charge in [0.05, 0.1) is 22.0 Å². The summed E-state index contributed by atoms with van der Waals surface area (Å²) < 4.78 is 69.6. The standard InChI is InChI=1S/C23H30ClF4N3O5S/c1-15(33-10-11-35-23(26,27)28)36-20(29-3)21(2)8-9-22(37-5,14-31(21)4)30-19(32)13-34-16-6-7-17(24)18(25)12-16/h6-7,12H,1,8-11,13-14H2,2-5H3,(H,30,32)/t21-,22+/m1/s1. The fourth-order valence-corrected chi connectivity index (χ4v) is 4.68. The third-order valence-corrected chi connectivity index (χ3v) is 7.38. The summed E-state index contributed by atoms with van der Waals surface area (Å²) in [5, 5.41) is 2.95. The largest absolute Gasteiger partial charge is 0.522 e. The molecular weight excluding hydrogens is 542 g/mol. The average Bonchev–Trinajstić information content (AvgIpc) is 2.83. The van der Waals surface area contributed by atoms with Crippen LogP contribution in [0.2, 0.25) is 5.02 Å². The van der Waals surface area contributed by atoms with E-state index in [1.165, 1.54) is 30.9 Å². The van der Waals surface area contributed by atoms with Gasteiger partial charge in [-0.05, 0) is 51.8 Å². The number of likely N-dealkylation sites (tertiary alicyclic amines) is 1. The summed E-state index contributed by atoms with van der Waals surface area (Å²) in [5.41, 5.74) is -0.717. The molecule has 208 valence electrons. The third kappa shape index (κ3) is 8.94. The van der Waals surface area contributed by atoms with Crippen molar-refractivity contribution in [1.82, 2.24) is 10.2 Å². The number of alkyl halides is 3. The molecule has 0 aliphatic carbocycles. The molecule has 0 radical (unpaired) electrons. The van der Waals surface area contributed by atoms with E-state index in [1.54, 1.807) is 0 Å². The van der Waals surface area contributed by atoms with E-state index in [1.807, 2.05) is 25.1 Å². The fourth-order valence-electron chi connectivity index (χ4n) is 3.72. The first-order valence-electron chi connectivity index (χ1n) is 11.1. The maximum absolute atomic E-state index is 13.6. The highest BCUT2D eigenvalue weighted by Gasteiger charge is 2.48. The zero-order valence-electron chi connectivity index (χ0n) is 20.9. The zero-order valence-corrected chi connectivity index (χ0v) is 22.5. The molecule has 0 saturated carbocycles. The second-order valence-electron chi connectivity index (χ2n) is 8.39. The number of nitrogens with one attached hydrogen (secondary N) is 1. The van der Waals surface area contributed by atoms with Crippen LogP contribution in [-0.2, 0) is 19.0 Å². The first kappa shape index (κ1) is 31.0. The van der Waals surface area contributed by atoms with E-state index in [0.29, 0.717) is 19.4 Å². The lowest BCUT2D eigenvalue weighted by Crippen LogP contribution is -2.65. The van der Waals surface area contributed by atoms with Crippen LogP contribution in [-0.4, -0.2) is 80.2 Å². The summed E-state index contributed by atoms with van der Waals surface area (Å²) in [5.74, 6) is -0.813. The minimum Gasteiger partial charge on any atom is -0.484 e. The van der Waals surface area contributed by atoms with Gasteiger partial charge in [0.25, 0.3) is 11.9 Å². The van der Waals surface area contributed by atoms with Gasteiger partial charge >= 0.3 is 6.36 Å². The molecule has 1 aliphatic rings. The molecule has 14 heteroatoms. The van der Waals surface area contributed by atoms with Gasteiger partial charge in [-0.2, -0.15) is 0 Å². The molecule has 1 amide bonds. The van der Waals surface area contributed by atoms with E-state index < -0.39 is 35.8 Å². The molecule has 1 fully saturated rings. The highest BCUT2D eigenvalue weighted by atomic mass is 35.5. The Hall–Kier alpha value is -2.22. The van der Waals surface area contributed by atoms with Crippen molar-refractivity contribution in [2.24, 2.45) is 4.99 Å². The number of benzene rings is 1. The number of ether oxygens (including phenoxy) is 4. The minimum absolute atomic E-state index is 0.0454. The fraction of sp³-hybridized carbons (Fsp3) is 0.565. The number of rotatable bonds is 11. The lowest BCUT2D eigenvalue weighted by atomic mass is 9.86. The van der Waals surface area contributed by atoms with Crippen molar-refractivity contribution in [2.75, 3.05) is 46.7 Å². The van der Waals surface area contributed by atoms with Crippen LogP contribution in [0.3, 0.4) is 0 Å². The molecule has 8 nitrogen and oxygen atoms in total. The lowest BCUT2D eigenvalue weighted by Gasteiger charge is -2.50. The SMILES string of the molecule is C=C(OCCOC(F)(F)F)OC(=NC)[C@@]1(C)CC[C@](NC(=O)COc2ccc(Cl)c(F)c2)(SC)CN1C. The molecule has 1 aromatic carbocycles. The average molecular weight is 572 g/mol. The third-order valence-electron chi connectivity index (χ3n) is 5.86. The van der Waals surface area contributed by atoms with Crippen LogP contribution in [0.15, 0.2) is 35.7 Å². The van der Waals surface area contributed by atoms with Crippen molar-refractivity contribution >= 4 is 35.2 Å². The zero-order chi connectivity index (χ0) is 27.9. The number of carbonyl (C=O) groups is 1. The molecule has 1 aromatic rings. The van der Waals surface area contributed by atoms with E-state index in [-0.39, 0.29) is 35.1 Å². The summed E-state index contributed by atoms with van der Waals surface area (Å²) in [6.07, 6.45) is -1.84. The van der Waals surface area contributed by atoms with Crippen LogP contribution >= 0.6 is 23.4 Å². The first-order chi connectivity index (χ1) is 17.2. The van der Waals surface area contributed by atoms with E-state index in [4.69, 9.17) is 25.8 Å². The molecule has 0 bridgehead atoms. The van der Waals surface area contributed by atoms with Crippen molar-refractivity contribution in [3.8, 4) is 5.75 Å². The van der Waals surface area contributed by atoms with Gasteiger partial charge in [0.1, 0.15) is 18.2 Å². The molecule has 2 atom stereocenters. The van der Waals surface area contributed by atoms with Crippen LogP contribution in [0.4, 0.5) is 17.6 Å². The molecule has 0 aromatic heterocycles. The van der Waals surface area contributed by atoms with Crippen LogP contribution in [0.5, 0.6) is 5.75 Å². The van der Waals surface area contributed by atoms with Gasteiger partial charge in [0, 0.05) is 19.7 Å². The maximum Gasteiger partial charge on any atom is 0.522 e. The van der Waals surface area contributed by atoms with Crippen molar-refractivity contribution in [3.63, 3.8) is 0 Å². The quantitative estimate of drug-likeness (QED) is 0.104.